The van der Waals surface area contributed by atoms with E-state index in [4.69, 9.17) is 11.5 Å². The molecular weight excluding hydrogens is 1070 g/mol. The van der Waals surface area contributed by atoms with Crippen LogP contribution in [0, 0.1) is 23.7 Å². The van der Waals surface area contributed by atoms with Crippen molar-refractivity contribution in [2.75, 3.05) is 26.2 Å². The topological polar surface area (TPSA) is 325 Å². The molecule has 3 heterocycles. The fraction of sp³-hybridized carbons (Fsp3) is 0.645. The lowest BCUT2D eigenvalue weighted by Crippen LogP contribution is -2.62. The fourth-order valence-corrected chi connectivity index (χ4v) is 11.2. The van der Waals surface area contributed by atoms with Crippen LogP contribution in [0.3, 0.4) is 0 Å². The summed E-state index contributed by atoms with van der Waals surface area (Å²) in [7, 11) is 0. The summed E-state index contributed by atoms with van der Waals surface area (Å²) in [4.78, 5) is 149. The summed E-state index contributed by atoms with van der Waals surface area (Å²) in [5.74, 6) is -7.59. The van der Waals surface area contributed by atoms with E-state index in [0.29, 0.717) is 62.7 Å². The number of benzene rings is 2. The van der Waals surface area contributed by atoms with Crippen molar-refractivity contribution in [3.63, 3.8) is 0 Å². The molecular formula is C62H96N12O10. The fourth-order valence-electron chi connectivity index (χ4n) is 11.2. The Labute approximate surface area is 496 Å². The smallest absolute Gasteiger partial charge is 0.246 e. The molecule has 10 amide bonds. The summed E-state index contributed by atoms with van der Waals surface area (Å²) in [5, 5.41) is 23.1. The van der Waals surface area contributed by atoms with Gasteiger partial charge < -0.3 is 63.8 Å². The van der Waals surface area contributed by atoms with Gasteiger partial charge >= 0.3 is 0 Å². The highest BCUT2D eigenvalue weighted by atomic mass is 16.2. The summed E-state index contributed by atoms with van der Waals surface area (Å²) in [6.45, 7) is 15.5. The molecule has 0 unspecified atom stereocenters. The van der Waals surface area contributed by atoms with Gasteiger partial charge in [-0.05, 0) is 125 Å². The van der Waals surface area contributed by atoms with Crippen LogP contribution >= 0.6 is 0 Å². The molecule has 0 bridgehead atoms. The van der Waals surface area contributed by atoms with E-state index in [9.17, 15) is 47.9 Å². The molecule has 0 spiro atoms. The molecule has 22 nitrogen and oxygen atoms in total. The molecule has 3 aliphatic heterocycles. The number of nitrogens with one attached hydrogen (secondary N) is 8. The van der Waals surface area contributed by atoms with Gasteiger partial charge in [0.25, 0.3) is 0 Å². The zero-order chi connectivity index (χ0) is 61.6. The molecule has 0 aromatic heterocycles. The SMILES string of the molecule is CC(C)C[C@@H]1NC(=O)[C@@H](Cc2ccccc2)NC(=O)[C@@H]2CCCN2C(=O)[C@H](C(C)C)NC(=O)[C@H](CCCCN)NC(=O)[C@H](CC(C)C)NC(=O)[C@@H](Cc2ccccc2)NC(=O)[C@@H]2CCCN2C(=O)[C@H](C(C)C)NC(=O)[C@H](CCCCN)NC1=O. The highest BCUT2D eigenvalue weighted by Gasteiger charge is 2.43. The van der Waals surface area contributed by atoms with Gasteiger partial charge in [-0.25, -0.2) is 0 Å². The van der Waals surface area contributed by atoms with E-state index in [0.717, 1.165) is 0 Å². The molecule has 0 saturated carbocycles. The van der Waals surface area contributed by atoms with Crippen molar-refractivity contribution in [2.24, 2.45) is 35.1 Å². The van der Waals surface area contributed by atoms with Crippen LogP contribution in [-0.4, -0.2) is 155 Å². The minimum atomic E-state index is -1.24. The highest BCUT2D eigenvalue weighted by Crippen LogP contribution is 2.24. The summed E-state index contributed by atoms with van der Waals surface area (Å²) in [6, 6.07) is 6.37. The van der Waals surface area contributed by atoms with Crippen LogP contribution in [0.15, 0.2) is 60.7 Å². The van der Waals surface area contributed by atoms with Crippen molar-refractivity contribution >= 4 is 59.1 Å². The number of carbonyl (C=O) groups is 10. The molecule has 22 heteroatoms. The molecule has 3 fully saturated rings. The van der Waals surface area contributed by atoms with Crippen LogP contribution in [0.1, 0.15) is 144 Å². The molecule has 2 aromatic carbocycles. The van der Waals surface area contributed by atoms with Gasteiger partial charge in [0.15, 0.2) is 0 Å². The van der Waals surface area contributed by atoms with Crippen LogP contribution < -0.4 is 54.0 Å². The molecule has 12 N–H and O–H groups in total. The van der Waals surface area contributed by atoms with Crippen molar-refractivity contribution in [3.8, 4) is 0 Å². The first-order chi connectivity index (χ1) is 40.0. The van der Waals surface area contributed by atoms with Gasteiger partial charge in [0.05, 0.1) is 0 Å². The Morgan fingerprint density at radius 1 is 0.405 bits per heavy atom. The van der Waals surface area contributed by atoms with E-state index in [1.807, 2.05) is 39.8 Å². The average Bonchev–Trinajstić information content (AvgIpc) is 4.33. The molecule has 0 aliphatic carbocycles. The van der Waals surface area contributed by atoms with Crippen LogP contribution in [0.2, 0.25) is 0 Å². The lowest BCUT2D eigenvalue weighted by atomic mass is 9.98. The number of unbranched alkanes of at least 4 members (excludes halogenated alkanes) is 2. The van der Waals surface area contributed by atoms with E-state index in [1.165, 1.54) is 9.80 Å². The van der Waals surface area contributed by atoms with Crippen molar-refractivity contribution < 1.29 is 47.9 Å². The molecule has 0 radical (unpaired) electrons. The van der Waals surface area contributed by atoms with E-state index in [2.05, 4.69) is 42.5 Å². The number of fused-ring (bicyclic) bond motifs is 2. The Balaban J connectivity index is 1.59. The van der Waals surface area contributed by atoms with E-state index >= 15 is 0 Å². The van der Waals surface area contributed by atoms with Gasteiger partial charge in [0, 0.05) is 25.9 Å². The van der Waals surface area contributed by atoms with Gasteiger partial charge in [-0.3, -0.25) is 47.9 Å². The van der Waals surface area contributed by atoms with Gasteiger partial charge in [-0.15, -0.1) is 0 Å². The number of rotatable bonds is 18. The molecule has 464 valence electrons. The third-order valence-corrected chi connectivity index (χ3v) is 15.8. The number of hydrogen-bond acceptors (Lipinski definition) is 12. The van der Waals surface area contributed by atoms with Crippen molar-refractivity contribution in [1.29, 1.82) is 0 Å². The third kappa shape index (κ3) is 20.1. The Kier molecular flexibility index (Phi) is 27.1. The summed E-state index contributed by atoms with van der Waals surface area (Å²) < 4.78 is 0. The maximum atomic E-state index is 14.8. The first-order valence-corrected chi connectivity index (χ1v) is 30.5. The molecule has 3 saturated heterocycles. The Morgan fingerprint density at radius 2 is 0.714 bits per heavy atom. The minimum absolute atomic E-state index is 0.0152. The molecule has 5 rings (SSSR count). The van der Waals surface area contributed by atoms with E-state index < -0.39 is 131 Å². The number of hydrogen-bond donors (Lipinski definition) is 10. The standard InChI is InChI=1S/C62H96N12O10/c1-37(2)33-45-55(77)65-43(25-15-17-29-63)53(75)71-51(39(5)6)61(83)74-32-20-28-50(74)60(82)70-48(36-42-23-13-10-14-24-42)58(80)68-46(34-38(3)4)56(78)66-44(26-16-18-30-64)54(76)72-52(40(7)8)62(84)73-31-19-27-49(73)59(81)69-47(57(79)67-45)35-41-21-11-9-12-22-41/h9-14,21-24,37-40,43-52H,15-20,25-36,63-64H2,1-8H3,(H,65,77)(H,66,78)(H,67,79)(H,68,80)(H,69,81)(H,70,82)(H,71,75)(H,72,76)/t43-,44-,45-,46-,47+,48+,49-,50-,51-,52-/m0/s1. The monoisotopic (exact) mass is 1170 g/mol. The second kappa shape index (κ2) is 33.5. The number of nitrogens with zero attached hydrogens (tertiary/aromatic N) is 2. The van der Waals surface area contributed by atoms with Gasteiger partial charge in [0.1, 0.15) is 60.4 Å². The molecule has 3 aliphatic rings. The van der Waals surface area contributed by atoms with Gasteiger partial charge in [-0.2, -0.15) is 0 Å². The zero-order valence-corrected chi connectivity index (χ0v) is 50.7. The second-order valence-corrected chi connectivity index (χ2v) is 24.4. The minimum Gasteiger partial charge on any atom is -0.343 e. The van der Waals surface area contributed by atoms with Gasteiger partial charge in [0.2, 0.25) is 59.1 Å². The maximum absolute atomic E-state index is 14.8. The lowest BCUT2D eigenvalue weighted by molar-refractivity contribution is -0.144. The summed E-state index contributed by atoms with van der Waals surface area (Å²) >= 11 is 0. The Morgan fingerprint density at radius 3 is 1.04 bits per heavy atom. The number of nitrogens with two attached hydrogens (primary N) is 2. The molecule has 84 heavy (non-hydrogen) atoms. The predicted molar refractivity (Wildman–Crippen MR) is 320 cm³/mol. The van der Waals surface area contributed by atoms with Crippen LogP contribution in [0.4, 0.5) is 0 Å². The van der Waals surface area contributed by atoms with Crippen molar-refractivity contribution in [2.45, 2.75) is 206 Å². The number of amides is 10. The normalized spacial score (nSPS) is 26.2. The quantitative estimate of drug-likeness (QED) is 0.0959. The van der Waals surface area contributed by atoms with Crippen LogP contribution in [0.25, 0.3) is 0 Å². The number of carbonyl (C=O) groups excluding carboxylic acids is 10. The Hall–Kier alpha value is -6.94. The molecule has 2 aromatic rings. The van der Waals surface area contributed by atoms with Crippen LogP contribution in [0.5, 0.6) is 0 Å². The lowest BCUT2D eigenvalue weighted by Gasteiger charge is -2.33. The zero-order valence-electron chi connectivity index (χ0n) is 50.7. The maximum Gasteiger partial charge on any atom is 0.246 e. The highest BCUT2D eigenvalue weighted by molar-refractivity contribution is 6.00. The van der Waals surface area contributed by atoms with E-state index in [-0.39, 0.29) is 76.3 Å². The summed E-state index contributed by atoms with van der Waals surface area (Å²) in [6.07, 6.45) is 3.86. The predicted octanol–water partition coefficient (Wildman–Crippen LogP) is 2.01. The van der Waals surface area contributed by atoms with Gasteiger partial charge in [-0.1, -0.05) is 116 Å². The third-order valence-electron chi connectivity index (χ3n) is 15.8. The molecule has 10 atom stereocenters. The summed E-state index contributed by atoms with van der Waals surface area (Å²) in [5.41, 5.74) is 13.2. The van der Waals surface area contributed by atoms with Crippen molar-refractivity contribution in [1.82, 2.24) is 52.3 Å². The largest absolute Gasteiger partial charge is 0.343 e. The first kappa shape index (κ1) is 67.8. The Bertz CT molecular complexity index is 2360. The average molecular weight is 1170 g/mol. The van der Waals surface area contributed by atoms with Crippen LogP contribution in [-0.2, 0) is 60.8 Å². The van der Waals surface area contributed by atoms with E-state index in [1.54, 1.807) is 76.2 Å². The van der Waals surface area contributed by atoms with Crippen molar-refractivity contribution in [3.05, 3.63) is 71.8 Å². The second-order valence-electron chi connectivity index (χ2n) is 24.4. The first-order valence-electron chi connectivity index (χ1n) is 30.5.